The third-order valence-corrected chi connectivity index (χ3v) is 7.32. The number of benzene rings is 2. The van der Waals surface area contributed by atoms with E-state index in [-0.39, 0.29) is 6.01 Å². The summed E-state index contributed by atoms with van der Waals surface area (Å²) in [4.78, 5) is 35.1. The second-order valence-corrected chi connectivity index (χ2v) is 11.6. The van der Waals surface area contributed by atoms with Crippen LogP contribution in [0.4, 0.5) is 14.9 Å². The van der Waals surface area contributed by atoms with Crippen LogP contribution in [0.25, 0.3) is 21.9 Å². The number of thioether (sulfide) groups is 2. The topological polar surface area (TPSA) is 106 Å². The molecule has 2 aromatic carbocycles. The van der Waals surface area contributed by atoms with Gasteiger partial charge in [-0.15, -0.1) is 11.8 Å². The Morgan fingerprint density at radius 2 is 1.82 bits per heavy atom. The van der Waals surface area contributed by atoms with Gasteiger partial charge in [0.15, 0.2) is 10.9 Å². The van der Waals surface area contributed by atoms with Crippen LogP contribution in [-0.4, -0.2) is 49.9 Å². The summed E-state index contributed by atoms with van der Waals surface area (Å²) >= 11 is 2.89. The summed E-state index contributed by atoms with van der Waals surface area (Å²) in [6, 6.07) is 12.7. The second-order valence-electron chi connectivity index (χ2n) is 9.83. The predicted octanol–water partition coefficient (Wildman–Crippen LogP) is 7.22. The molecule has 0 unspecified atom stereocenters. The van der Waals surface area contributed by atoms with Gasteiger partial charge in [0.25, 0.3) is 0 Å². The molecule has 0 aliphatic rings. The number of amides is 1. The summed E-state index contributed by atoms with van der Waals surface area (Å²) in [6.45, 7) is 5.32. The first kappa shape index (κ1) is 27.7. The number of carbonyl (C=O) groups excluding carboxylic acids is 1. The standard InChI is InChI=1S/C28H27FN6O3S2/c1-28(2,3)38-27(36)35(4)20-12-17(29)11-19-21-23(32-22(19)20)33-25(37-18-13-30-26(39-5)31-14-18)34-24(21)40-15-16-9-7-6-8-10-16/h6-14H,15H2,1-5H3,(H,32,33,34). The van der Waals surface area contributed by atoms with E-state index in [0.717, 1.165) is 5.56 Å². The van der Waals surface area contributed by atoms with Crippen molar-refractivity contribution in [2.45, 2.75) is 42.3 Å². The highest BCUT2D eigenvalue weighted by Crippen LogP contribution is 2.39. The molecule has 0 aliphatic carbocycles. The predicted molar refractivity (Wildman–Crippen MR) is 156 cm³/mol. The summed E-state index contributed by atoms with van der Waals surface area (Å²) < 4.78 is 26.4. The van der Waals surface area contributed by atoms with E-state index in [9.17, 15) is 9.18 Å². The first-order valence-corrected chi connectivity index (χ1v) is 14.5. The van der Waals surface area contributed by atoms with Crippen LogP contribution in [0.1, 0.15) is 26.3 Å². The van der Waals surface area contributed by atoms with Crippen LogP contribution in [-0.2, 0) is 10.5 Å². The Balaban J connectivity index is 1.62. The Morgan fingerprint density at radius 3 is 2.50 bits per heavy atom. The van der Waals surface area contributed by atoms with Gasteiger partial charge in [-0.05, 0) is 44.7 Å². The van der Waals surface area contributed by atoms with Crippen molar-refractivity contribution in [3.05, 3.63) is 66.2 Å². The molecule has 40 heavy (non-hydrogen) atoms. The van der Waals surface area contributed by atoms with Crippen LogP contribution in [0, 0.1) is 5.82 Å². The Kier molecular flexibility index (Phi) is 7.81. The number of ether oxygens (including phenoxy) is 2. The van der Waals surface area contributed by atoms with E-state index in [2.05, 4.69) is 24.9 Å². The number of nitrogens with one attached hydrogen (secondary N) is 1. The highest BCUT2D eigenvalue weighted by atomic mass is 32.2. The number of aromatic amines is 1. The maximum absolute atomic E-state index is 15.0. The molecule has 12 heteroatoms. The third kappa shape index (κ3) is 6.13. The molecule has 0 radical (unpaired) electrons. The first-order valence-electron chi connectivity index (χ1n) is 12.3. The summed E-state index contributed by atoms with van der Waals surface area (Å²) in [5.74, 6) is 0.484. The number of fused-ring (bicyclic) bond motifs is 3. The van der Waals surface area contributed by atoms with E-state index in [4.69, 9.17) is 9.47 Å². The van der Waals surface area contributed by atoms with Crippen molar-refractivity contribution in [2.75, 3.05) is 18.2 Å². The summed E-state index contributed by atoms with van der Waals surface area (Å²) in [5.41, 5.74) is 1.64. The molecule has 1 amide bonds. The monoisotopic (exact) mass is 578 g/mol. The molecule has 3 heterocycles. The van der Waals surface area contributed by atoms with Gasteiger partial charge in [-0.2, -0.15) is 9.97 Å². The molecule has 0 saturated carbocycles. The van der Waals surface area contributed by atoms with Crippen LogP contribution in [0.5, 0.6) is 11.8 Å². The van der Waals surface area contributed by atoms with E-state index in [1.807, 2.05) is 36.6 Å². The lowest BCUT2D eigenvalue weighted by Gasteiger charge is -2.25. The Labute approximate surface area is 238 Å². The molecule has 0 bridgehead atoms. The highest BCUT2D eigenvalue weighted by Gasteiger charge is 2.25. The minimum atomic E-state index is -0.713. The van der Waals surface area contributed by atoms with Gasteiger partial charge in [-0.25, -0.2) is 19.2 Å². The van der Waals surface area contributed by atoms with Crippen molar-refractivity contribution in [3.8, 4) is 11.8 Å². The van der Waals surface area contributed by atoms with E-state index in [0.29, 0.717) is 49.3 Å². The van der Waals surface area contributed by atoms with Gasteiger partial charge >= 0.3 is 12.1 Å². The van der Waals surface area contributed by atoms with Crippen molar-refractivity contribution < 1.29 is 18.7 Å². The summed E-state index contributed by atoms with van der Waals surface area (Å²) in [6.07, 6.45) is 4.38. The zero-order chi connectivity index (χ0) is 28.4. The molecule has 206 valence electrons. The maximum Gasteiger partial charge on any atom is 0.414 e. The van der Waals surface area contributed by atoms with Crippen LogP contribution < -0.4 is 9.64 Å². The number of H-pyrrole nitrogens is 1. The van der Waals surface area contributed by atoms with Gasteiger partial charge in [0.05, 0.1) is 29.0 Å². The highest BCUT2D eigenvalue weighted by molar-refractivity contribution is 7.98. The fourth-order valence-electron chi connectivity index (χ4n) is 3.93. The fourth-order valence-corrected chi connectivity index (χ4v) is 5.24. The lowest BCUT2D eigenvalue weighted by Crippen LogP contribution is -2.34. The van der Waals surface area contributed by atoms with Gasteiger partial charge in [0.2, 0.25) is 0 Å². The molecule has 5 aromatic rings. The number of hydrogen-bond donors (Lipinski definition) is 1. The zero-order valence-corrected chi connectivity index (χ0v) is 24.2. The number of aromatic nitrogens is 5. The number of halogens is 1. The van der Waals surface area contributed by atoms with Crippen LogP contribution >= 0.6 is 23.5 Å². The number of rotatable bonds is 7. The van der Waals surface area contributed by atoms with Crippen molar-refractivity contribution in [1.29, 1.82) is 0 Å². The SMILES string of the molecule is CSc1ncc(Oc2nc(SCc3ccccc3)c3c(n2)[nH]c2c(N(C)C(=O)OC(C)(C)C)cc(F)cc23)cn1. The molecular weight excluding hydrogens is 551 g/mol. The second kappa shape index (κ2) is 11.3. The number of nitrogens with zero attached hydrogens (tertiary/aromatic N) is 5. The Hall–Kier alpha value is -3.90. The van der Waals surface area contributed by atoms with Crippen molar-refractivity contribution in [1.82, 2.24) is 24.9 Å². The van der Waals surface area contributed by atoms with E-state index in [1.54, 1.807) is 33.2 Å². The fraction of sp³-hybridized carbons (Fsp3) is 0.250. The minimum absolute atomic E-state index is 0.0811. The Morgan fingerprint density at radius 1 is 1.10 bits per heavy atom. The van der Waals surface area contributed by atoms with Gasteiger partial charge in [-0.3, -0.25) is 4.90 Å². The van der Waals surface area contributed by atoms with E-state index >= 15 is 0 Å². The molecule has 0 spiro atoms. The molecular formula is C28H27FN6O3S2. The first-order chi connectivity index (χ1) is 19.1. The molecule has 0 saturated heterocycles. The molecule has 0 atom stereocenters. The molecule has 3 aromatic heterocycles. The third-order valence-electron chi connectivity index (χ3n) is 5.69. The minimum Gasteiger partial charge on any atom is -0.443 e. The van der Waals surface area contributed by atoms with Crippen LogP contribution in [0.15, 0.2) is 65.0 Å². The van der Waals surface area contributed by atoms with Gasteiger partial charge in [-0.1, -0.05) is 42.1 Å². The molecule has 1 N–H and O–H groups in total. The van der Waals surface area contributed by atoms with Crippen molar-refractivity contribution in [3.63, 3.8) is 0 Å². The average molecular weight is 579 g/mol. The number of hydrogen-bond acceptors (Lipinski definition) is 9. The maximum atomic E-state index is 15.0. The average Bonchev–Trinajstić information content (AvgIpc) is 3.29. The van der Waals surface area contributed by atoms with Gasteiger partial charge in [0.1, 0.15) is 22.1 Å². The molecule has 0 aliphatic heterocycles. The summed E-state index contributed by atoms with van der Waals surface area (Å²) in [7, 11) is 1.54. The largest absolute Gasteiger partial charge is 0.443 e. The molecule has 0 fully saturated rings. The molecule has 5 rings (SSSR count). The van der Waals surface area contributed by atoms with Crippen LogP contribution in [0.3, 0.4) is 0 Å². The van der Waals surface area contributed by atoms with Gasteiger partial charge < -0.3 is 14.5 Å². The quantitative estimate of drug-likeness (QED) is 0.122. The summed E-state index contributed by atoms with van der Waals surface area (Å²) in [5, 5.41) is 2.36. The smallest absolute Gasteiger partial charge is 0.414 e. The van der Waals surface area contributed by atoms with Crippen molar-refractivity contribution in [2.24, 2.45) is 0 Å². The Bertz CT molecular complexity index is 1670. The zero-order valence-electron chi connectivity index (χ0n) is 22.6. The van der Waals surface area contributed by atoms with Crippen LogP contribution in [0.2, 0.25) is 0 Å². The van der Waals surface area contributed by atoms with E-state index < -0.39 is 17.5 Å². The number of carbonyl (C=O) groups is 1. The molecule has 9 nitrogen and oxygen atoms in total. The lowest BCUT2D eigenvalue weighted by atomic mass is 10.1. The lowest BCUT2D eigenvalue weighted by molar-refractivity contribution is 0.0589. The number of anilines is 1. The van der Waals surface area contributed by atoms with E-state index in [1.165, 1.54) is 47.6 Å². The van der Waals surface area contributed by atoms with Gasteiger partial charge in [0, 0.05) is 18.2 Å². The normalized spacial score (nSPS) is 11.7. The van der Waals surface area contributed by atoms with Crippen molar-refractivity contribution >= 4 is 57.2 Å².